The maximum atomic E-state index is 11.2. The van der Waals surface area contributed by atoms with Gasteiger partial charge in [0.25, 0.3) is 0 Å². The van der Waals surface area contributed by atoms with E-state index >= 15 is 0 Å². The van der Waals surface area contributed by atoms with Crippen LogP contribution in [0.2, 0.25) is 0 Å². The van der Waals surface area contributed by atoms with Crippen molar-refractivity contribution in [3.63, 3.8) is 0 Å². The van der Waals surface area contributed by atoms with E-state index in [0.717, 1.165) is 38.2 Å². The fraction of sp³-hybridized carbons (Fsp3) is 0.583. The second kappa shape index (κ2) is 7.09. The zero-order chi connectivity index (χ0) is 12.7. The molecule has 0 aromatic carbocycles. The summed E-state index contributed by atoms with van der Waals surface area (Å²) in [4.78, 5) is 13.5. The number of nitrogens with two attached hydrogens (primary N) is 1. The van der Waals surface area contributed by atoms with Gasteiger partial charge in [0.15, 0.2) is 5.76 Å². The van der Waals surface area contributed by atoms with Gasteiger partial charge in [0.05, 0.1) is 6.54 Å². The summed E-state index contributed by atoms with van der Waals surface area (Å²) in [5.41, 5.74) is 2.05. The van der Waals surface area contributed by atoms with Gasteiger partial charge in [-0.1, -0.05) is 13.8 Å². The van der Waals surface area contributed by atoms with Crippen LogP contribution in [0.5, 0.6) is 0 Å². The number of hydrogen-bond donors (Lipinski definition) is 2. The minimum absolute atomic E-state index is 0.260. The van der Waals surface area contributed by atoms with Crippen LogP contribution in [0.1, 0.15) is 43.0 Å². The Hall–Kier alpha value is -1.33. The second-order valence-corrected chi connectivity index (χ2v) is 4.02. The van der Waals surface area contributed by atoms with Gasteiger partial charge in [0, 0.05) is 0 Å². The molecule has 1 aromatic rings. The summed E-state index contributed by atoms with van der Waals surface area (Å²) in [5.74, 6) is 5.70. The molecular weight excluding hydrogens is 218 g/mol. The molecule has 0 atom stereocenters. The van der Waals surface area contributed by atoms with Crippen LogP contribution in [0.3, 0.4) is 0 Å². The standard InChI is InChI=1S/C12H21N3O2/c1-3-7-15(8-4-2)9-10-5-6-11(17-10)12(16)14-13/h5-6H,3-4,7-9,13H2,1-2H3,(H,14,16). The van der Waals surface area contributed by atoms with E-state index in [1.807, 2.05) is 6.07 Å². The molecule has 0 bridgehead atoms. The topological polar surface area (TPSA) is 71.5 Å². The zero-order valence-corrected chi connectivity index (χ0v) is 10.5. The number of furan rings is 1. The Labute approximate surface area is 102 Å². The van der Waals surface area contributed by atoms with E-state index in [-0.39, 0.29) is 5.76 Å². The van der Waals surface area contributed by atoms with Crippen molar-refractivity contribution < 1.29 is 9.21 Å². The van der Waals surface area contributed by atoms with Crippen LogP contribution >= 0.6 is 0 Å². The van der Waals surface area contributed by atoms with E-state index in [1.165, 1.54) is 0 Å². The Balaban J connectivity index is 2.60. The number of nitrogens with one attached hydrogen (secondary N) is 1. The van der Waals surface area contributed by atoms with Gasteiger partial charge in [-0.15, -0.1) is 0 Å². The smallest absolute Gasteiger partial charge is 0.300 e. The summed E-state index contributed by atoms with van der Waals surface area (Å²) < 4.78 is 5.43. The van der Waals surface area contributed by atoms with E-state index in [1.54, 1.807) is 6.07 Å². The first-order chi connectivity index (χ1) is 8.21. The number of amides is 1. The fourth-order valence-electron chi connectivity index (χ4n) is 1.78. The van der Waals surface area contributed by atoms with E-state index < -0.39 is 5.91 Å². The maximum Gasteiger partial charge on any atom is 0.300 e. The Morgan fingerprint density at radius 3 is 2.53 bits per heavy atom. The molecule has 5 nitrogen and oxygen atoms in total. The number of nitrogen functional groups attached to an aromatic ring is 1. The quantitative estimate of drug-likeness (QED) is 0.430. The number of carbonyl (C=O) groups is 1. The summed E-state index contributed by atoms with van der Waals surface area (Å²) in [5, 5.41) is 0. The van der Waals surface area contributed by atoms with E-state index in [2.05, 4.69) is 24.2 Å². The lowest BCUT2D eigenvalue weighted by Gasteiger charge is -2.19. The highest BCUT2D eigenvalue weighted by Gasteiger charge is 2.11. The van der Waals surface area contributed by atoms with Gasteiger partial charge in [-0.05, 0) is 38.1 Å². The average molecular weight is 239 g/mol. The van der Waals surface area contributed by atoms with Crippen LogP contribution in [0.15, 0.2) is 16.5 Å². The molecule has 0 radical (unpaired) electrons. The predicted octanol–water partition coefficient (Wildman–Crippen LogP) is 1.51. The third kappa shape index (κ3) is 4.20. The van der Waals surface area contributed by atoms with Crippen LogP contribution in [0.4, 0.5) is 0 Å². The summed E-state index contributed by atoms with van der Waals surface area (Å²) in [6.07, 6.45) is 2.22. The van der Waals surface area contributed by atoms with Crippen molar-refractivity contribution in [1.82, 2.24) is 10.3 Å². The van der Waals surface area contributed by atoms with Crippen molar-refractivity contribution in [2.45, 2.75) is 33.2 Å². The third-order valence-electron chi connectivity index (χ3n) is 2.48. The van der Waals surface area contributed by atoms with Crippen LogP contribution in [-0.2, 0) is 6.54 Å². The Morgan fingerprint density at radius 1 is 1.35 bits per heavy atom. The monoisotopic (exact) mass is 239 g/mol. The molecule has 0 saturated heterocycles. The molecule has 5 heteroatoms. The van der Waals surface area contributed by atoms with Gasteiger partial charge in [-0.2, -0.15) is 0 Å². The highest BCUT2D eigenvalue weighted by atomic mass is 16.4. The summed E-state index contributed by atoms with van der Waals surface area (Å²) in [7, 11) is 0. The Bertz CT molecular complexity index is 343. The number of hydrazine groups is 1. The van der Waals surface area contributed by atoms with Crippen LogP contribution in [-0.4, -0.2) is 23.9 Å². The van der Waals surface area contributed by atoms with E-state index in [0.29, 0.717) is 0 Å². The molecular formula is C12H21N3O2. The molecule has 0 spiro atoms. The van der Waals surface area contributed by atoms with Gasteiger partial charge in [-0.3, -0.25) is 15.1 Å². The molecule has 1 aromatic heterocycles. The van der Waals surface area contributed by atoms with Crippen molar-refractivity contribution in [2.75, 3.05) is 13.1 Å². The second-order valence-electron chi connectivity index (χ2n) is 4.02. The van der Waals surface area contributed by atoms with Crippen molar-refractivity contribution in [2.24, 2.45) is 5.84 Å². The first-order valence-corrected chi connectivity index (χ1v) is 6.03. The fourth-order valence-corrected chi connectivity index (χ4v) is 1.78. The molecule has 0 saturated carbocycles. The van der Waals surface area contributed by atoms with Gasteiger partial charge in [0.1, 0.15) is 5.76 Å². The molecule has 0 aliphatic rings. The first-order valence-electron chi connectivity index (χ1n) is 6.03. The van der Waals surface area contributed by atoms with Crippen molar-refractivity contribution in [3.8, 4) is 0 Å². The third-order valence-corrected chi connectivity index (χ3v) is 2.48. The zero-order valence-electron chi connectivity index (χ0n) is 10.5. The lowest BCUT2D eigenvalue weighted by Crippen LogP contribution is -2.29. The lowest BCUT2D eigenvalue weighted by molar-refractivity contribution is 0.0922. The first kappa shape index (κ1) is 13.7. The van der Waals surface area contributed by atoms with Gasteiger partial charge in [0.2, 0.25) is 0 Å². The molecule has 3 N–H and O–H groups in total. The molecule has 0 fully saturated rings. The Morgan fingerprint density at radius 2 is 2.00 bits per heavy atom. The highest BCUT2D eigenvalue weighted by Crippen LogP contribution is 2.11. The lowest BCUT2D eigenvalue weighted by atomic mass is 10.3. The number of carbonyl (C=O) groups excluding carboxylic acids is 1. The van der Waals surface area contributed by atoms with Crippen molar-refractivity contribution in [3.05, 3.63) is 23.7 Å². The highest BCUT2D eigenvalue weighted by molar-refractivity contribution is 5.90. The van der Waals surface area contributed by atoms with Crippen LogP contribution in [0, 0.1) is 0 Å². The normalized spacial score (nSPS) is 10.8. The number of rotatable bonds is 7. The molecule has 17 heavy (non-hydrogen) atoms. The van der Waals surface area contributed by atoms with Crippen LogP contribution in [0.25, 0.3) is 0 Å². The minimum Gasteiger partial charge on any atom is -0.455 e. The molecule has 1 heterocycles. The van der Waals surface area contributed by atoms with E-state index in [4.69, 9.17) is 10.3 Å². The van der Waals surface area contributed by atoms with Crippen molar-refractivity contribution in [1.29, 1.82) is 0 Å². The molecule has 1 amide bonds. The number of nitrogens with zero attached hydrogens (tertiary/aromatic N) is 1. The van der Waals surface area contributed by atoms with Crippen LogP contribution < -0.4 is 11.3 Å². The largest absolute Gasteiger partial charge is 0.455 e. The number of hydrogen-bond acceptors (Lipinski definition) is 4. The predicted molar refractivity (Wildman–Crippen MR) is 66.2 cm³/mol. The van der Waals surface area contributed by atoms with Crippen molar-refractivity contribution >= 4 is 5.91 Å². The molecule has 96 valence electrons. The molecule has 0 aliphatic heterocycles. The summed E-state index contributed by atoms with van der Waals surface area (Å²) in [6.45, 7) is 7.11. The molecule has 1 rings (SSSR count). The molecule has 0 aliphatic carbocycles. The van der Waals surface area contributed by atoms with Gasteiger partial charge >= 0.3 is 5.91 Å². The maximum absolute atomic E-state index is 11.2. The summed E-state index contributed by atoms with van der Waals surface area (Å²) in [6, 6.07) is 3.47. The van der Waals surface area contributed by atoms with Gasteiger partial charge in [-0.25, -0.2) is 5.84 Å². The summed E-state index contributed by atoms with van der Waals surface area (Å²) >= 11 is 0. The molecule has 0 unspecified atom stereocenters. The van der Waals surface area contributed by atoms with E-state index in [9.17, 15) is 4.79 Å². The SMILES string of the molecule is CCCN(CCC)Cc1ccc(C(=O)NN)o1. The minimum atomic E-state index is -0.395. The average Bonchev–Trinajstić information content (AvgIpc) is 2.77. The van der Waals surface area contributed by atoms with Gasteiger partial charge < -0.3 is 4.42 Å². The Kier molecular flexibility index (Phi) is 5.72.